The van der Waals surface area contributed by atoms with Crippen LogP contribution in [0.25, 0.3) is 0 Å². The van der Waals surface area contributed by atoms with Crippen molar-refractivity contribution in [1.29, 1.82) is 0 Å². The van der Waals surface area contributed by atoms with Crippen LogP contribution in [-0.4, -0.2) is 49.6 Å². The lowest BCUT2D eigenvalue weighted by atomic mass is 10.0. The Balaban J connectivity index is 1.83. The van der Waals surface area contributed by atoms with Gasteiger partial charge in [0.05, 0.1) is 0 Å². The third kappa shape index (κ3) is 4.44. The van der Waals surface area contributed by atoms with E-state index >= 15 is 0 Å². The molecule has 1 saturated heterocycles. The summed E-state index contributed by atoms with van der Waals surface area (Å²) in [7, 11) is 1.51. The summed E-state index contributed by atoms with van der Waals surface area (Å²) in [6.45, 7) is 1.39. The number of halogens is 1. The monoisotopic (exact) mass is 310 g/mol. The predicted molar refractivity (Wildman–Crippen MR) is 80.4 cm³/mol. The highest BCUT2D eigenvalue weighted by atomic mass is 35.5. The minimum Gasteiger partial charge on any atom is -0.375 e. The Kier molecular flexibility index (Phi) is 5.59. The molecule has 1 heterocycles. The zero-order valence-electron chi connectivity index (χ0n) is 12.0. The number of methoxy groups -OCH3 is 1. The second-order valence-corrected chi connectivity index (χ2v) is 5.51. The van der Waals surface area contributed by atoms with Gasteiger partial charge in [-0.25, -0.2) is 0 Å². The number of rotatable bonds is 4. The Bertz CT molecular complexity index is 513. The molecule has 1 aromatic rings. The predicted octanol–water partition coefficient (Wildman–Crippen LogP) is 1.71. The van der Waals surface area contributed by atoms with Crippen LogP contribution in [0.15, 0.2) is 24.3 Å². The average molecular weight is 311 g/mol. The molecule has 0 aromatic heterocycles. The van der Waals surface area contributed by atoms with Gasteiger partial charge >= 0.3 is 0 Å². The third-order valence-corrected chi connectivity index (χ3v) is 3.77. The number of carbonyl (C=O) groups excluding carboxylic acids is 2. The van der Waals surface area contributed by atoms with Gasteiger partial charge in [-0.15, -0.1) is 0 Å². The lowest BCUT2D eigenvalue weighted by Gasteiger charge is -2.32. The van der Waals surface area contributed by atoms with E-state index in [1.54, 1.807) is 29.2 Å². The lowest BCUT2D eigenvalue weighted by Crippen LogP contribution is -2.47. The normalized spacial score (nSPS) is 15.8. The van der Waals surface area contributed by atoms with Crippen molar-refractivity contribution in [3.05, 3.63) is 34.9 Å². The van der Waals surface area contributed by atoms with Gasteiger partial charge in [0.1, 0.15) is 6.61 Å². The largest absolute Gasteiger partial charge is 0.375 e. The van der Waals surface area contributed by atoms with Crippen molar-refractivity contribution in [1.82, 2.24) is 10.2 Å². The maximum Gasteiger partial charge on any atom is 0.251 e. The van der Waals surface area contributed by atoms with Gasteiger partial charge in [0.2, 0.25) is 5.91 Å². The highest BCUT2D eigenvalue weighted by molar-refractivity contribution is 6.30. The van der Waals surface area contributed by atoms with Gasteiger partial charge in [-0.2, -0.15) is 0 Å². The van der Waals surface area contributed by atoms with Crippen LogP contribution in [0.2, 0.25) is 5.02 Å². The van der Waals surface area contributed by atoms with Crippen molar-refractivity contribution in [2.24, 2.45) is 0 Å². The number of benzene rings is 1. The van der Waals surface area contributed by atoms with E-state index in [-0.39, 0.29) is 24.5 Å². The molecule has 2 rings (SSSR count). The van der Waals surface area contributed by atoms with Crippen molar-refractivity contribution in [2.45, 2.75) is 18.9 Å². The SMILES string of the molecule is COCC(=O)N1CCC(NC(=O)c2cccc(Cl)c2)CC1. The molecule has 0 atom stereocenters. The first kappa shape index (κ1) is 15.8. The number of nitrogens with one attached hydrogen (secondary N) is 1. The van der Waals surface area contributed by atoms with Crippen molar-refractivity contribution in [2.75, 3.05) is 26.8 Å². The van der Waals surface area contributed by atoms with E-state index in [4.69, 9.17) is 16.3 Å². The molecule has 0 unspecified atom stereocenters. The molecule has 1 fully saturated rings. The first-order chi connectivity index (χ1) is 10.1. The molecule has 0 radical (unpaired) electrons. The molecule has 1 aliphatic rings. The number of likely N-dealkylation sites (tertiary alicyclic amines) is 1. The van der Waals surface area contributed by atoms with E-state index in [0.29, 0.717) is 23.7 Å². The van der Waals surface area contributed by atoms with Gasteiger partial charge < -0.3 is 15.0 Å². The number of ether oxygens (including phenoxy) is 1. The van der Waals surface area contributed by atoms with E-state index in [9.17, 15) is 9.59 Å². The Morgan fingerprint density at radius 1 is 1.38 bits per heavy atom. The van der Waals surface area contributed by atoms with E-state index < -0.39 is 0 Å². The highest BCUT2D eigenvalue weighted by Crippen LogP contribution is 2.14. The maximum absolute atomic E-state index is 12.1. The molecule has 114 valence electrons. The second-order valence-electron chi connectivity index (χ2n) is 5.07. The van der Waals surface area contributed by atoms with Crippen LogP contribution >= 0.6 is 11.6 Å². The number of hydrogen-bond acceptors (Lipinski definition) is 3. The zero-order valence-corrected chi connectivity index (χ0v) is 12.7. The molecule has 1 aromatic carbocycles. The summed E-state index contributed by atoms with van der Waals surface area (Å²) in [5.74, 6) is -0.128. The van der Waals surface area contributed by atoms with Crippen molar-refractivity contribution in [3.63, 3.8) is 0 Å². The first-order valence-electron chi connectivity index (χ1n) is 6.93. The Hall–Kier alpha value is -1.59. The standard InChI is InChI=1S/C15H19ClN2O3/c1-21-10-14(19)18-7-5-13(6-8-18)17-15(20)11-3-2-4-12(16)9-11/h2-4,9,13H,5-8,10H2,1H3,(H,17,20). The van der Waals surface area contributed by atoms with Crippen LogP contribution in [-0.2, 0) is 9.53 Å². The summed E-state index contributed by atoms with van der Waals surface area (Å²) < 4.78 is 4.84. The first-order valence-corrected chi connectivity index (χ1v) is 7.31. The van der Waals surface area contributed by atoms with Gasteiger partial charge in [0.25, 0.3) is 5.91 Å². The Morgan fingerprint density at radius 3 is 2.71 bits per heavy atom. The molecule has 0 spiro atoms. The number of hydrogen-bond donors (Lipinski definition) is 1. The van der Waals surface area contributed by atoms with Crippen LogP contribution in [0, 0.1) is 0 Å². The number of nitrogens with zero attached hydrogens (tertiary/aromatic N) is 1. The summed E-state index contributed by atoms with van der Waals surface area (Å²) >= 11 is 5.88. The smallest absolute Gasteiger partial charge is 0.251 e. The van der Waals surface area contributed by atoms with Gasteiger partial charge in [-0.05, 0) is 31.0 Å². The van der Waals surface area contributed by atoms with Crippen LogP contribution in [0.4, 0.5) is 0 Å². The minimum atomic E-state index is -0.126. The van der Waals surface area contributed by atoms with E-state index in [1.807, 2.05) is 0 Å². The Morgan fingerprint density at radius 2 is 2.10 bits per heavy atom. The molecular formula is C15H19ClN2O3. The van der Waals surface area contributed by atoms with Gasteiger partial charge in [0.15, 0.2) is 0 Å². The highest BCUT2D eigenvalue weighted by Gasteiger charge is 2.23. The van der Waals surface area contributed by atoms with E-state index in [0.717, 1.165) is 12.8 Å². The molecular weight excluding hydrogens is 292 g/mol. The molecule has 5 nitrogen and oxygen atoms in total. The van der Waals surface area contributed by atoms with Crippen LogP contribution in [0.5, 0.6) is 0 Å². The Labute approximate surface area is 129 Å². The van der Waals surface area contributed by atoms with Crippen molar-refractivity contribution >= 4 is 23.4 Å². The average Bonchev–Trinajstić information content (AvgIpc) is 2.48. The number of piperidine rings is 1. The molecule has 6 heteroatoms. The van der Waals surface area contributed by atoms with Crippen molar-refractivity contribution in [3.8, 4) is 0 Å². The van der Waals surface area contributed by atoms with Crippen LogP contribution in [0.1, 0.15) is 23.2 Å². The summed E-state index contributed by atoms with van der Waals surface area (Å²) in [5, 5.41) is 3.53. The summed E-state index contributed by atoms with van der Waals surface area (Å²) in [6, 6.07) is 6.96. The van der Waals surface area contributed by atoms with Crippen LogP contribution in [0.3, 0.4) is 0 Å². The number of amides is 2. The summed E-state index contributed by atoms with van der Waals surface area (Å²) in [6.07, 6.45) is 1.50. The lowest BCUT2D eigenvalue weighted by molar-refractivity contribution is -0.136. The van der Waals surface area contributed by atoms with Gasteiger partial charge in [-0.3, -0.25) is 9.59 Å². The molecule has 0 bridgehead atoms. The van der Waals surface area contributed by atoms with Gasteiger partial charge in [-0.1, -0.05) is 17.7 Å². The second kappa shape index (κ2) is 7.43. The third-order valence-electron chi connectivity index (χ3n) is 3.54. The molecule has 1 aliphatic heterocycles. The molecule has 0 aliphatic carbocycles. The van der Waals surface area contributed by atoms with E-state index in [2.05, 4.69) is 5.32 Å². The van der Waals surface area contributed by atoms with Crippen LogP contribution < -0.4 is 5.32 Å². The fourth-order valence-corrected chi connectivity index (χ4v) is 2.58. The number of carbonyl (C=O) groups is 2. The molecule has 0 saturated carbocycles. The van der Waals surface area contributed by atoms with Crippen molar-refractivity contribution < 1.29 is 14.3 Å². The fraction of sp³-hybridized carbons (Fsp3) is 0.467. The summed E-state index contributed by atoms with van der Waals surface area (Å²) in [5.41, 5.74) is 0.556. The molecule has 2 amide bonds. The fourth-order valence-electron chi connectivity index (χ4n) is 2.39. The summed E-state index contributed by atoms with van der Waals surface area (Å²) in [4.78, 5) is 25.6. The molecule has 21 heavy (non-hydrogen) atoms. The zero-order chi connectivity index (χ0) is 15.2. The van der Waals surface area contributed by atoms with E-state index in [1.165, 1.54) is 7.11 Å². The topological polar surface area (TPSA) is 58.6 Å². The molecule has 1 N–H and O–H groups in total. The minimum absolute atomic E-state index is 0.00267. The van der Waals surface area contributed by atoms with Gasteiger partial charge in [0, 0.05) is 36.8 Å². The quantitative estimate of drug-likeness (QED) is 0.921. The maximum atomic E-state index is 12.1.